The van der Waals surface area contributed by atoms with Gasteiger partial charge in [0, 0.05) is 45.2 Å². The van der Waals surface area contributed by atoms with Gasteiger partial charge in [-0.2, -0.15) is 5.26 Å². The standard InChI is InChI=1S/C28H30ClN3O2/c1-21-7-3-4-8-23(21)26(34-27-12-11-22(20-30)19-28(27)33-2)13-14-31-15-17-32(18-16-31)25-10-6-5-9-24(25)29/h3-12,19,26H,13-18H2,1-2H3. The number of benzene rings is 3. The predicted octanol–water partition coefficient (Wildman–Crippen LogP) is 5.86. The normalized spacial score (nSPS) is 14.9. The molecule has 3 aromatic carbocycles. The number of hydrogen-bond acceptors (Lipinski definition) is 5. The van der Waals surface area contributed by atoms with Gasteiger partial charge in [-0.05, 0) is 42.3 Å². The van der Waals surface area contributed by atoms with Crippen LogP contribution in [-0.4, -0.2) is 44.7 Å². The molecule has 1 saturated heterocycles. The van der Waals surface area contributed by atoms with Crippen LogP contribution in [0.4, 0.5) is 5.69 Å². The predicted molar refractivity (Wildman–Crippen MR) is 137 cm³/mol. The second kappa shape index (κ2) is 11.3. The fourth-order valence-electron chi connectivity index (χ4n) is 4.43. The number of aryl methyl sites for hydroxylation is 1. The molecule has 1 aliphatic rings. The summed E-state index contributed by atoms with van der Waals surface area (Å²) in [5.74, 6) is 1.23. The minimum absolute atomic E-state index is 0.121. The van der Waals surface area contributed by atoms with E-state index in [1.807, 2.05) is 30.3 Å². The number of nitrogens with zero attached hydrogens (tertiary/aromatic N) is 3. The first kappa shape index (κ1) is 23.9. The Labute approximate surface area is 207 Å². The van der Waals surface area contributed by atoms with Crippen LogP contribution in [0.5, 0.6) is 11.5 Å². The van der Waals surface area contributed by atoms with Gasteiger partial charge in [0.15, 0.2) is 11.5 Å². The number of piperazine rings is 1. The van der Waals surface area contributed by atoms with Crippen molar-refractivity contribution in [1.29, 1.82) is 5.26 Å². The van der Waals surface area contributed by atoms with Gasteiger partial charge in [0.05, 0.1) is 29.5 Å². The summed E-state index contributed by atoms with van der Waals surface area (Å²) in [6.07, 6.45) is 0.727. The molecule has 0 spiro atoms. The zero-order chi connectivity index (χ0) is 23.9. The highest BCUT2D eigenvalue weighted by Crippen LogP contribution is 2.34. The molecular weight excluding hydrogens is 446 g/mol. The van der Waals surface area contributed by atoms with Crippen LogP contribution in [0, 0.1) is 18.3 Å². The lowest BCUT2D eigenvalue weighted by molar-refractivity contribution is 0.155. The number of methoxy groups -OCH3 is 1. The van der Waals surface area contributed by atoms with Crippen molar-refractivity contribution in [1.82, 2.24) is 4.90 Å². The Balaban J connectivity index is 1.45. The van der Waals surface area contributed by atoms with E-state index in [4.69, 9.17) is 21.1 Å². The molecule has 6 heteroatoms. The molecule has 0 saturated carbocycles. The van der Waals surface area contributed by atoms with Gasteiger partial charge >= 0.3 is 0 Å². The number of ether oxygens (including phenoxy) is 2. The van der Waals surface area contributed by atoms with Gasteiger partial charge in [-0.1, -0.05) is 48.0 Å². The Morgan fingerprint density at radius 2 is 1.71 bits per heavy atom. The molecule has 0 radical (unpaired) electrons. The molecule has 0 amide bonds. The summed E-state index contributed by atoms with van der Waals surface area (Å²) < 4.78 is 12.0. The van der Waals surface area contributed by atoms with E-state index < -0.39 is 0 Å². The van der Waals surface area contributed by atoms with Crippen molar-refractivity contribution in [3.05, 3.63) is 88.4 Å². The average molecular weight is 476 g/mol. The molecule has 0 aromatic heterocycles. The van der Waals surface area contributed by atoms with Gasteiger partial charge in [-0.25, -0.2) is 0 Å². The SMILES string of the molecule is COc1cc(C#N)ccc1OC(CCN1CCN(c2ccccc2Cl)CC1)c1ccccc1C. The molecule has 1 fully saturated rings. The molecule has 0 bridgehead atoms. The molecule has 0 aliphatic carbocycles. The topological polar surface area (TPSA) is 48.7 Å². The Morgan fingerprint density at radius 1 is 0.971 bits per heavy atom. The summed E-state index contributed by atoms with van der Waals surface area (Å²) in [4.78, 5) is 4.84. The maximum absolute atomic E-state index is 9.22. The Kier molecular flexibility index (Phi) is 7.95. The third-order valence-electron chi connectivity index (χ3n) is 6.37. The second-order valence-electron chi connectivity index (χ2n) is 8.51. The summed E-state index contributed by atoms with van der Waals surface area (Å²) in [5.41, 5.74) is 4.03. The van der Waals surface area contributed by atoms with Crippen LogP contribution in [0.25, 0.3) is 0 Å². The summed E-state index contributed by atoms with van der Waals surface area (Å²) in [6.45, 7) is 6.89. The van der Waals surface area contributed by atoms with Crippen LogP contribution in [0.15, 0.2) is 66.7 Å². The number of anilines is 1. The van der Waals surface area contributed by atoms with E-state index in [9.17, 15) is 5.26 Å². The van der Waals surface area contributed by atoms with Crippen LogP contribution in [0.3, 0.4) is 0 Å². The van der Waals surface area contributed by atoms with E-state index in [0.29, 0.717) is 17.1 Å². The minimum Gasteiger partial charge on any atom is -0.493 e. The molecule has 176 valence electrons. The van der Waals surface area contributed by atoms with Crippen molar-refractivity contribution in [2.24, 2.45) is 0 Å². The molecule has 1 unspecified atom stereocenters. The van der Waals surface area contributed by atoms with Crippen molar-refractivity contribution in [3.8, 4) is 17.6 Å². The van der Waals surface area contributed by atoms with Crippen LogP contribution in [-0.2, 0) is 0 Å². The fraction of sp³-hybridized carbons (Fsp3) is 0.321. The van der Waals surface area contributed by atoms with E-state index in [1.54, 1.807) is 19.2 Å². The first-order valence-electron chi connectivity index (χ1n) is 11.6. The monoisotopic (exact) mass is 475 g/mol. The highest BCUT2D eigenvalue weighted by molar-refractivity contribution is 6.33. The van der Waals surface area contributed by atoms with Crippen LogP contribution >= 0.6 is 11.6 Å². The summed E-state index contributed by atoms with van der Waals surface area (Å²) in [5, 5.41) is 10.0. The van der Waals surface area contributed by atoms with Gasteiger partial charge in [-0.3, -0.25) is 4.90 Å². The molecule has 5 nitrogen and oxygen atoms in total. The molecule has 0 N–H and O–H groups in total. The number of rotatable bonds is 8. The van der Waals surface area contributed by atoms with Crippen LogP contribution in [0.2, 0.25) is 5.02 Å². The number of para-hydroxylation sites is 1. The van der Waals surface area contributed by atoms with E-state index in [-0.39, 0.29) is 6.10 Å². The lowest BCUT2D eigenvalue weighted by Gasteiger charge is -2.37. The Hall–Kier alpha value is -3.20. The van der Waals surface area contributed by atoms with E-state index >= 15 is 0 Å². The zero-order valence-corrected chi connectivity index (χ0v) is 20.5. The first-order valence-corrected chi connectivity index (χ1v) is 12.0. The molecule has 1 aliphatic heterocycles. The maximum Gasteiger partial charge on any atom is 0.162 e. The van der Waals surface area contributed by atoms with Crippen LogP contribution < -0.4 is 14.4 Å². The third-order valence-corrected chi connectivity index (χ3v) is 6.69. The zero-order valence-electron chi connectivity index (χ0n) is 19.7. The highest BCUT2D eigenvalue weighted by Gasteiger charge is 2.22. The lowest BCUT2D eigenvalue weighted by atomic mass is 10.0. The Morgan fingerprint density at radius 3 is 2.41 bits per heavy atom. The molecular formula is C28H30ClN3O2. The van der Waals surface area contributed by atoms with Crippen molar-refractivity contribution in [3.63, 3.8) is 0 Å². The van der Waals surface area contributed by atoms with Crippen molar-refractivity contribution >= 4 is 17.3 Å². The van der Waals surface area contributed by atoms with Gasteiger partial charge in [-0.15, -0.1) is 0 Å². The van der Waals surface area contributed by atoms with Gasteiger partial charge in [0.1, 0.15) is 6.10 Å². The van der Waals surface area contributed by atoms with Gasteiger partial charge in [0.25, 0.3) is 0 Å². The largest absolute Gasteiger partial charge is 0.493 e. The molecule has 1 atom stereocenters. The molecule has 1 heterocycles. The first-order chi connectivity index (χ1) is 16.6. The van der Waals surface area contributed by atoms with E-state index in [0.717, 1.165) is 49.9 Å². The molecule has 4 rings (SSSR count). The lowest BCUT2D eigenvalue weighted by Crippen LogP contribution is -2.47. The summed E-state index contributed by atoms with van der Waals surface area (Å²) >= 11 is 6.40. The second-order valence-corrected chi connectivity index (χ2v) is 8.92. The van der Waals surface area contributed by atoms with E-state index in [2.05, 4.69) is 47.1 Å². The summed E-state index contributed by atoms with van der Waals surface area (Å²) in [7, 11) is 1.60. The molecule has 3 aromatic rings. The van der Waals surface area contributed by atoms with Crippen molar-refractivity contribution < 1.29 is 9.47 Å². The highest BCUT2D eigenvalue weighted by atomic mass is 35.5. The number of halogens is 1. The van der Waals surface area contributed by atoms with E-state index in [1.165, 1.54) is 11.1 Å². The summed E-state index contributed by atoms with van der Waals surface area (Å²) in [6, 6.07) is 23.9. The average Bonchev–Trinajstić information content (AvgIpc) is 2.87. The third kappa shape index (κ3) is 5.64. The smallest absolute Gasteiger partial charge is 0.162 e. The van der Waals surface area contributed by atoms with Crippen molar-refractivity contribution in [2.75, 3.05) is 44.7 Å². The van der Waals surface area contributed by atoms with Gasteiger partial charge < -0.3 is 14.4 Å². The molecule has 34 heavy (non-hydrogen) atoms. The minimum atomic E-state index is -0.121. The van der Waals surface area contributed by atoms with Crippen molar-refractivity contribution in [2.45, 2.75) is 19.4 Å². The number of nitriles is 1. The fourth-order valence-corrected chi connectivity index (χ4v) is 4.69. The quantitative estimate of drug-likeness (QED) is 0.408. The van der Waals surface area contributed by atoms with Gasteiger partial charge in [0.2, 0.25) is 0 Å². The Bertz CT molecular complexity index is 1150. The van der Waals surface area contributed by atoms with Crippen LogP contribution in [0.1, 0.15) is 29.2 Å². The number of hydrogen-bond donors (Lipinski definition) is 0. The maximum atomic E-state index is 9.22.